The van der Waals surface area contributed by atoms with Crippen molar-refractivity contribution in [2.24, 2.45) is 0 Å². The van der Waals surface area contributed by atoms with Gasteiger partial charge in [0.15, 0.2) is 0 Å². The Kier molecular flexibility index (Phi) is 1.53. The Labute approximate surface area is 48.5 Å². The van der Waals surface area contributed by atoms with Crippen LogP contribution in [0, 0.1) is 6.08 Å². The largest absolute Gasteiger partial charge is 0.114 e. The van der Waals surface area contributed by atoms with E-state index in [1.807, 2.05) is 18.2 Å². The highest BCUT2D eigenvalue weighted by Gasteiger charge is 1.93. The molecule has 1 aliphatic carbocycles. The second-order valence-electron chi connectivity index (χ2n) is 1.45. The first-order valence-corrected chi connectivity index (χ1v) is 2.71. The van der Waals surface area contributed by atoms with Crippen LogP contribution in [-0.2, 0) is 0 Å². The molecular weight excluding hydrogens is 108 g/mol. The SMILES string of the molecule is ClC1C=[C]CC=C1. The Morgan fingerprint density at radius 2 is 2.57 bits per heavy atom. The lowest BCUT2D eigenvalue weighted by molar-refractivity contribution is 1.20. The maximum atomic E-state index is 5.61. The van der Waals surface area contributed by atoms with E-state index in [0.29, 0.717) is 0 Å². The van der Waals surface area contributed by atoms with E-state index in [1.54, 1.807) is 0 Å². The molecule has 0 saturated carbocycles. The summed E-state index contributed by atoms with van der Waals surface area (Å²) < 4.78 is 0. The van der Waals surface area contributed by atoms with Gasteiger partial charge in [0, 0.05) is 0 Å². The molecule has 1 heteroatoms. The van der Waals surface area contributed by atoms with Crippen molar-refractivity contribution >= 4 is 11.6 Å². The van der Waals surface area contributed by atoms with Gasteiger partial charge >= 0.3 is 0 Å². The van der Waals surface area contributed by atoms with E-state index in [0.717, 1.165) is 6.42 Å². The van der Waals surface area contributed by atoms with Crippen molar-refractivity contribution in [2.45, 2.75) is 11.8 Å². The molecule has 0 nitrogen and oxygen atoms in total. The molecule has 1 radical (unpaired) electrons. The van der Waals surface area contributed by atoms with Gasteiger partial charge in [-0.3, -0.25) is 0 Å². The third-order valence-electron chi connectivity index (χ3n) is 0.833. The third kappa shape index (κ3) is 1.36. The van der Waals surface area contributed by atoms with Gasteiger partial charge in [-0.2, -0.15) is 0 Å². The van der Waals surface area contributed by atoms with Gasteiger partial charge in [0.25, 0.3) is 0 Å². The first-order valence-electron chi connectivity index (χ1n) is 2.27. The van der Waals surface area contributed by atoms with Gasteiger partial charge in [-0.25, -0.2) is 0 Å². The van der Waals surface area contributed by atoms with Gasteiger partial charge in [0.1, 0.15) is 0 Å². The van der Waals surface area contributed by atoms with Gasteiger partial charge in [-0.1, -0.05) is 18.2 Å². The van der Waals surface area contributed by atoms with Crippen molar-refractivity contribution in [3.05, 3.63) is 24.3 Å². The minimum Gasteiger partial charge on any atom is -0.114 e. The van der Waals surface area contributed by atoms with Gasteiger partial charge in [-0.15, -0.1) is 11.6 Å². The van der Waals surface area contributed by atoms with Crippen molar-refractivity contribution in [1.29, 1.82) is 0 Å². The Morgan fingerprint density at radius 1 is 1.71 bits per heavy atom. The average Bonchev–Trinajstić information content (AvgIpc) is 1.69. The first kappa shape index (κ1) is 4.92. The molecule has 0 amide bonds. The second kappa shape index (κ2) is 2.17. The van der Waals surface area contributed by atoms with Gasteiger partial charge < -0.3 is 0 Å². The summed E-state index contributed by atoms with van der Waals surface area (Å²) in [7, 11) is 0. The van der Waals surface area contributed by atoms with E-state index in [-0.39, 0.29) is 5.38 Å². The Balaban J connectivity index is 2.49. The molecule has 0 saturated heterocycles. The van der Waals surface area contributed by atoms with Crippen LogP contribution in [-0.4, -0.2) is 5.38 Å². The molecule has 0 aliphatic heterocycles. The van der Waals surface area contributed by atoms with Crippen LogP contribution in [0.25, 0.3) is 0 Å². The Morgan fingerprint density at radius 3 is 2.86 bits per heavy atom. The minimum absolute atomic E-state index is 0.0914. The molecule has 1 aliphatic rings. The number of allylic oxidation sites excluding steroid dienone is 4. The highest BCUT2D eigenvalue weighted by molar-refractivity contribution is 6.23. The van der Waals surface area contributed by atoms with E-state index < -0.39 is 0 Å². The number of hydrogen-bond donors (Lipinski definition) is 0. The van der Waals surface area contributed by atoms with Crippen molar-refractivity contribution < 1.29 is 0 Å². The zero-order chi connectivity index (χ0) is 5.11. The molecule has 0 spiro atoms. The smallest absolute Gasteiger partial charge is 0.0702 e. The van der Waals surface area contributed by atoms with Crippen molar-refractivity contribution in [3.8, 4) is 0 Å². The average molecular weight is 114 g/mol. The maximum absolute atomic E-state index is 5.61. The predicted octanol–water partition coefficient (Wildman–Crippen LogP) is 1.91. The second-order valence-corrected chi connectivity index (χ2v) is 1.95. The van der Waals surface area contributed by atoms with Crippen LogP contribution in [0.3, 0.4) is 0 Å². The zero-order valence-corrected chi connectivity index (χ0v) is 4.65. The minimum atomic E-state index is 0.0914. The topological polar surface area (TPSA) is 0 Å². The monoisotopic (exact) mass is 113 g/mol. The standard InChI is InChI=1S/C6H6Cl/c7-6-4-2-1-3-5-6/h2,4-6H,1H2. The highest BCUT2D eigenvalue weighted by Crippen LogP contribution is 2.05. The molecule has 0 N–H and O–H groups in total. The molecule has 0 aromatic rings. The van der Waals surface area contributed by atoms with Gasteiger partial charge in [0.2, 0.25) is 0 Å². The zero-order valence-electron chi connectivity index (χ0n) is 3.89. The number of rotatable bonds is 0. The fourth-order valence-electron chi connectivity index (χ4n) is 0.502. The molecule has 0 fully saturated rings. The molecule has 1 unspecified atom stereocenters. The lowest BCUT2D eigenvalue weighted by Gasteiger charge is -1.97. The summed E-state index contributed by atoms with van der Waals surface area (Å²) in [4.78, 5) is 0. The van der Waals surface area contributed by atoms with Crippen molar-refractivity contribution in [3.63, 3.8) is 0 Å². The fraction of sp³-hybridized carbons (Fsp3) is 0.333. The normalized spacial score (nSPS) is 20.7. The number of halogens is 1. The highest BCUT2D eigenvalue weighted by atomic mass is 35.5. The number of alkyl halides is 1. The van der Waals surface area contributed by atoms with Crippen LogP contribution in [0.15, 0.2) is 18.2 Å². The summed E-state index contributed by atoms with van der Waals surface area (Å²) in [6.07, 6.45) is 9.74. The summed E-state index contributed by atoms with van der Waals surface area (Å²) in [5.41, 5.74) is 0. The molecular formula is C6H6Cl. The van der Waals surface area contributed by atoms with Crippen molar-refractivity contribution in [2.75, 3.05) is 0 Å². The van der Waals surface area contributed by atoms with Crippen LogP contribution >= 0.6 is 11.6 Å². The van der Waals surface area contributed by atoms with Gasteiger partial charge in [-0.05, 0) is 12.5 Å². The lowest BCUT2D eigenvalue weighted by Crippen LogP contribution is -1.88. The summed E-state index contributed by atoms with van der Waals surface area (Å²) in [6.45, 7) is 0. The summed E-state index contributed by atoms with van der Waals surface area (Å²) >= 11 is 5.61. The van der Waals surface area contributed by atoms with E-state index in [1.165, 1.54) is 0 Å². The molecule has 37 valence electrons. The molecule has 1 rings (SSSR count). The van der Waals surface area contributed by atoms with Gasteiger partial charge in [0.05, 0.1) is 5.38 Å². The summed E-state index contributed by atoms with van der Waals surface area (Å²) in [6, 6.07) is 0. The molecule has 0 heterocycles. The third-order valence-corrected chi connectivity index (χ3v) is 1.10. The molecule has 0 aromatic heterocycles. The van der Waals surface area contributed by atoms with E-state index >= 15 is 0 Å². The predicted molar refractivity (Wildman–Crippen MR) is 31.2 cm³/mol. The molecule has 0 bridgehead atoms. The molecule has 1 atom stereocenters. The fourth-order valence-corrected chi connectivity index (χ4v) is 0.694. The quantitative estimate of drug-likeness (QED) is 0.333. The summed E-state index contributed by atoms with van der Waals surface area (Å²) in [5, 5.41) is 0.0914. The first-order chi connectivity index (χ1) is 3.39. The molecule has 0 aromatic carbocycles. The maximum Gasteiger partial charge on any atom is 0.0702 e. The van der Waals surface area contributed by atoms with Crippen molar-refractivity contribution in [1.82, 2.24) is 0 Å². The van der Waals surface area contributed by atoms with Crippen LogP contribution in [0.4, 0.5) is 0 Å². The summed E-state index contributed by atoms with van der Waals surface area (Å²) in [5.74, 6) is 0. The van der Waals surface area contributed by atoms with E-state index in [9.17, 15) is 0 Å². The van der Waals surface area contributed by atoms with Crippen LogP contribution in [0.1, 0.15) is 6.42 Å². The Bertz CT molecular complexity index is 90.7. The van der Waals surface area contributed by atoms with E-state index in [2.05, 4.69) is 6.08 Å². The van der Waals surface area contributed by atoms with Crippen LogP contribution < -0.4 is 0 Å². The number of hydrogen-bond acceptors (Lipinski definition) is 0. The van der Waals surface area contributed by atoms with Crippen LogP contribution in [0.5, 0.6) is 0 Å². The van der Waals surface area contributed by atoms with Crippen LogP contribution in [0.2, 0.25) is 0 Å². The lowest BCUT2D eigenvalue weighted by atomic mass is 10.2. The van der Waals surface area contributed by atoms with E-state index in [4.69, 9.17) is 11.6 Å². The Hall–Kier alpha value is -0.230. The molecule has 7 heavy (non-hydrogen) atoms.